The normalized spacial score (nSPS) is 19.8. The van der Waals surface area contributed by atoms with E-state index in [9.17, 15) is 9.59 Å². The first kappa shape index (κ1) is 16.9. The van der Waals surface area contributed by atoms with E-state index in [0.717, 1.165) is 38.2 Å². The third-order valence-corrected chi connectivity index (χ3v) is 4.84. The molecule has 24 heavy (non-hydrogen) atoms. The van der Waals surface area contributed by atoms with Crippen molar-refractivity contribution in [2.24, 2.45) is 5.73 Å². The summed E-state index contributed by atoms with van der Waals surface area (Å²) in [6.07, 6.45) is 2.05. The highest BCUT2D eigenvalue weighted by Gasteiger charge is 2.27. The molecule has 0 radical (unpaired) electrons. The van der Waals surface area contributed by atoms with Crippen LogP contribution < -0.4 is 10.6 Å². The van der Waals surface area contributed by atoms with E-state index in [4.69, 9.17) is 5.73 Å². The van der Waals surface area contributed by atoms with Crippen LogP contribution in [-0.2, 0) is 16.0 Å². The molecule has 2 amide bonds. The minimum atomic E-state index is -0.456. The Labute approximate surface area is 143 Å². The van der Waals surface area contributed by atoms with Crippen molar-refractivity contribution in [2.45, 2.75) is 25.8 Å². The molecule has 1 saturated heterocycles. The Morgan fingerprint density at radius 3 is 2.54 bits per heavy atom. The molecule has 3 rings (SSSR count). The van der Waals surface area contributed by atoms with Crippen molar-refractivity contribution in [3.8, 4) is 0 Å². The van der Waals surface area contributed by atoms with E-state index in [1.807, 2.05) is 23.1 Å². The highest BCUT2D eigenvalue weighted by molar-refractivity contribution is 5.96. The van der Waals surface area contributed by atoms with E-state index in [2.05, 4.69) is 11.0 Å². The zero-order valence-electron chi connectivity index (χ0n) is 14.3. The average molecular weight is 330 g/mol. The van der Waals surface area contributed by atoms with Crippen molar-refractivity contribution < 1.29 is 9.59 Å². The average Bonchev–Trinajstić information content (AvgIpc) is 2.61. The smallest absolute Gasteiger partial charge is 0.241 e. The van der Waals surface area contributed by atoms with Crippen molar-refractivity contribution in [3.63, 3.8) is 0 Å². The number of rotatable bonds is 3. The van der Waals surface area contributed by atoms with Gasteiger partial charge in [0.2, 0.25) is 11.8 Å². The summed E-state index contributed by atoms with van der Waals surface area (Å²) >= 11 is 0. The van der Waals surface area contributed by atoms with E-state index in [1.165, 1.54) is 5.56 Å². The Balaban J connectivity index is 1.56. The van der Waals surface area contributed by atoms with Gasteiger partial charge < -0.3 is 15.5 Å². The number of piperazine rings is 1. The molecule has 1 atom stereocenters. The van der Waals surface area contributed by atoms with Gasteiger partial charge in [-0.1, -0.05) is 18.2 Å². The number of nitrogens with zero attached hydrogens (tertiary/aromatic N) is 3. The number of nitrogens with two attached hydrogens (primary N) is 1. The number of carbonyl (C=O) groups excluding carboxylic acids is 2. The van der Waals surface area contributed by atoms with Gasteiger partial charge in [0.1, 0.15) is 0 Å². The van der Waals surface area contributed by atoms with E-state index < -0.39 is 6.04 Å². The van der Waals surface area contributed by atoms with Crippen LogP contribution in [0.2, 0.25) is 0 Å². The number of hydrogen-bond acceptors (Lipinski definition) is 4. The minimum Gasteiger partial charge on any atom is -0.339 e. The SMILES string of the molecule is CC(N)C(=O)N1CCN(CC(=O)N2CCCc3ccccc32)CC1. The molecule has 1 aromatic carbocycles. The molecule has 1 fully saturated rings. The van der Waals surface area contributed by atoms with E-state index in [-0.39, 0.29) is 11.8 Å². The number of amides is 2. The molecule has 0 bridgehead atoms. The van der Waals surface area contributed by atoms with Gasteiger partial charge in [-0.05, 0) is 31.4 Å². The first-order valence-electron chi connectivity index (χ1n) is 8.71. The number of para-hydroxylation sites is 1. The fourth-order valence-corrected chi connectivity index (χ4v) is 3.48. The van der Waals surface area contributed by atoms with Crippen molar-refractivity contribution in [2.75, 3.05) is 44.2 Å². The van der Waals surface area contributed by atoms with Crippen LogP contribution in [0.15, 0.2) is 24.3 Å². The van der Waals surface area contributed by atoms with Crippen molar-refractivity contribution >= 4 is 17.5 Å². The Morgan fingerprint density at radius 2 is 1.83 bits per heavy atom. The molecule has 2 aliphatic heterocycles. The fourth-order valence-electron chi connectivity index (χ4n) is 3.48. The molecule has 0 aliphatic carbocycles. The first-order valence-corrected chi connectivity index (χ1v) is 8.71. The van der Waals surface area contributed by atoms with Gasteiger partial charge in [-0.25, -0.2) is 0 Å². The Morgan fingerprint density at radius 1 is 1.12 bits per heavy atom. The van der Waals surface area contributed by atoms with Crippen molar-refractivity contribution in [1.29, 1.82) is 0 Å². The molecule has 0 aromatic heterocycles. The molecule has 2 N–H and O–H groups in total. The molecule has 0 spiro atoms. The van der Waals surface area contributed by atoms with Crippen LogP contribution in [-0.4, -0.2) is 66.9 Å². The maximum absolute atomic E-state index is 12.7. The van der Waals surface area contributed by atoms with E-state index >= 15 is 0 Å². The minimum absolute atomic E-state index is 0.00839. The number of aryl methyl sites for hydroxylation is 1. The second-order valence-corrected chi connectivity index (χ2v) is 6.67. The van der Waals surface area contributed by atoms with Crippen LogP contribution in [0, 0.1) is 0 Å². The molecule has 2 heterocycles. The summed E-state index contributed by atoms with van der Waals surface area (Å²) in [6, 6.07) is 7.70. The molecule has 6 nitrogen and oxygen atoms in total. The topological polar surface area (TPSA) is 69.9 Å². The molecular formula is C18H26N4O2. The van der Waals surface area contributed by atoms with Crippen molar-refractivity contribution in [3.05, 3.63) is 29.8 Å². The van der Waals surface area contributed by atoms with Crippen LogP contribution in [0.5, 0.6) is 0 Å². The standard InChI is InChI=1S/C18H26N4O2/c1-14(19)18(24)21-11-9-20(10-12-21)13-17(23)22-8-4-6-15-5-2-3-7-16(15)22/h2-3,5,7,14H,4,6,8-13,19H2,1H3. The number of benzene rings is 1. The van der Waals surface area contributed by atoms with Crippen LogP contribution >= 0.6 is 0 Å². The van der Waals surface area contributed by atoms with Crippen LogP contribution in [0.25, 0.3) is 0 Å². The van der Waals surface area contributed by atoms with Crippen LogP contribution in [0.3, 0.4) is 0 Å². The maximum atomic E-state index is 12.7. The lowest BCUT2D eigenvalue weighted by atomic mass is 10.0. The predicted molar refractivity (Wildman–Crippen MR) is 93.8 cm³/mol. The summed E-state index contributed by atoms with van der Waals surface area (Å²) in [7, 11) is 0. The molecule has 6 heteroatoms. The van der Waals surface area contributed by atoms with Gasteiger partial charge in [-0.2, -0.15) is 0 Å². The third kappa shape index (κ3) is 3.60. The highest BCUT2D eigenvalue weighted by atomic mass is 16.2. The van der Waals surface area contributed by atoms with Gasteiger partial charge in [-0.15, -0.1) is 0 Å². The molecule has 1 aromatic rings. The van der Waals surface area contributed by atoms with Crippen LogP contribution in [0.1, 0.15) is 18.9 Å². The summed E-state index contributed by atoms with van der Waals surface area (Å²) < 4.78 is 0. The summed E-state index contributed by atoms with van der Waals surface area (Å²) in [5.74, 6) is 0.139. The predicted octanol–water partition coefficient (Wildman–Crippen LogP) is 0.457. The Kier molecular flexibility index (Phi) is 5.16. The lowest BCUT2D eigenvalue weighted by Crippen LogP contribution is -2.54. The molecular weight excluding hydrogens is 304 g/mol. The van der Waals surface area contributed by atoms with Gasteiger partial charge in [0, 0.05) is 38.4 Å². The zero-order chi connectivity index (χ0) is 17.1. The van der Waals surface area contributed by atoms with Gasteiger partial charge in [0.05, 0.1) is 12.6 Å². The number of fused-ring (bicyclic) bond motifs is 1. The van der Waals surface area contributed by atoms with Crippen molar-refractivity contribution in [1.82, 2.24) is 9.80 Å². The number of anilines is 1. The Hall–Kier alpha value is -1.92. The van der Waals surface area contributed by atoms with Gasteiger partial charge >= 0.3 is 0 Å². The summed E-state index contributed by atoms with van der Waals surface area (Å²) in [4.78, 5) is 30.5. The van der Waals surface area contributed by atoms with Gasteiger partial charge in [0.15, 0.2) is 0 Å². The fraction of sp³-hybridized carbons (Fsp3) is 0.556. The quantitative estimate of drug-likeness (QED) is 0.874. The monoisotopic (exact) mass is 330 g/mol. The lowest BCUT2D eigenvalue weighted by molar-refractivity contribution is -0.134. The second-order valence-electron chi connectivity index (χ2n) is 6.67. The van der Waals surface area contributed by atoms with E-state index in [0.29, 0.717) is 19.6 Å². The number of carbonyl (C=O) groups is 2. The number of hydrogen-bond donors (Lipinski definition) is 1. The first-order chi connectivity index (χ1) is 11.6. The zero-order valence-corrected chi connectivity index (χ0v) is 14.3. The Bertz CT molecular complexity index is 609. The maximum Gasteiger partial charge on any atom is 0.241 e. The van der Waals surface area contributed by atoms with E-state index in [1.54, 1.807) is 11.8 Å². The van der Waals surface area contributed by atoms with Crippen LogP contribution in [0.4, 0.5) is 5.69 Å². The highest BCUT2D eigenvalue weighted by Crippen LogP contribution is 2.26. The van der Waals surface area contributed by atoms with Gasteiger partial charge in [-0.3, -0.25) is 14.5 Å². The second kappa shape index (κ2) is 7.32. The van der Waals surface area contributed by atoms with Gasteiger partial charge in [0.25, 0.3) is 0 Å². The largest absolute Gasteiger partial charge is 0.339 e. The summed E-state index contributed by atoms with van der Waals surface area (Å²) in [5.41, 5.74) is 7.97. The summed E-state index contributed by atoms with van der Waals surface area (Å²) in [5, 5.41) is 0. The molecule has 0 saturated carbocycles. The summed E-state index contributed by atoms with van der Waals surface area (Å²) in [6.45, 7) is 5.65. The molecule has 2 aliphatic rings. The lowest BCUT2D eigenvalue weighted by Gasteiger charge is -2.37. The third-order valence-electron chi connectivity index (χ3n) is 4.84. The molecule has 1 unspecified atom stereocenters. The molecule has 130 valence electrons.